The highest BCUT2D eigenvalue weighted by Gasteiger charge is 2.29. The molecule has 3 heterocycles. The molecule has 2 fully saturated rings. The summed E-state index contributed by atoms with van der Waals surface area (Å²) < 4.78 is 5.55. The molecule has 0 aliphatic carbocycles. The van der Waals surface area contributed by atoms with Crippen LogP contribution in [0.25, 0.3) is 0 Å². The van der Waals surface area contributed by atoms with E-state index in [-0.39, 0.29) is 29.7 Å². The summed E-state index contributed by atoms with van der Waals surface area (Å²) in [7, 11) is 0. The summed E-state index contributed by atoms with van der Waals surface area (Å²) in [6.07, 6.45) is 4.24. The second-order valence-corrected chi connectivity index (χ2v) is 6.96. The van der Waals surface area contributed by atoms with E-state index in [0.717, 1.165) is 51.1 Å². The van der Waals surface area contributed by atoms with E-state index in [1.54, 1.807) is 6.07 Å². The average molecular weight is 349 g/mol. The zero-order valence-electron chi connectivity index (χ0n) is 14.7. The van der Waals surface area contributed by atoms with Crippen LogP contribution in [0.1, 0.15) is 54.7 Å². The van der Waals surface area contributed by atoms with Crippen LogP contribution in [-0.2, 0) is 9.53 Å². The Hall–Kier alpha value is -1.93. The van der Waals surface area contributed by atoms with Crippen LogP contribution in [0.15, 0.2) is 6.07 Å². The van der Waals surface area contributed by atoms with Crippen LogP contribution in [0.3, 0.4) is 0 Å². The summed E-state index contributed by atoms with van der Waals surface area (Å²) in [5.74, 6) is -0.265. The molecule has 8 nitrogen and oxygen atoms in total. The molecule has 2 saturated heterocycles. The maximum absolute atomic E-state index is 12.4. The van der Waals surface area contributed by atoms with Gasteiger partial charge in [0.1, 0.15) is 5.69 Å². The Kier molecular flexibility index (Phi) is 5.70. The molecule has 2 aliphatic heterocycles. The fraction of sp³-hybridized carbons (Fsp3) is 0.706. The number of primary amides is 1. The monoisotopic (exact) mass is 349 g/mol. The van der Waals surface area contributed by atoms with E-state index in [1.165, 1.54) is 0 Å². The highest BCUT2D eigenvalue weighted by molar-refractivity contribution is 5.90. The Morgan fingerprint density at radius 3 is 3.00 bits per heavy atom. The first-order valence-corrected chi connectivity index (χ1v) is 9.03. The Morgan fingerprint density at radius 1 is 1.48 bits per heavy atom. The number of rotatable bonds is 6. The molecule has 2 amide bonds. The van der Waals surface area contributed by atoms with Crippen LogP contribution in [0.2, 0.25) is 0 Å². The molecule has 3 atom stereocenters. The Labute approximate surface area is 147 Å². The summed E-state index contributed by atoms with van der Waals surface area (Å²) in [5, 5.41) is 9.88. The van der Waals surface area contributed by atoms with E-state index in [1.807, 2.05) is 6.92 Å². The van der Waals surface area contributed by atoms with Crippen LogP contribution in [0.4, 0.5) is 0 Å². The van der Waals surface area contributed by atoms with Gasteiger partial charge in [-0.1, -0.05) is 0 Å². The van der Waals surface area contributed by atoms with Gasteiger partial charge in [-0.15, -0.1) is 0 Å². The van der Waals surface area contributed by atoms with Gasteiger partial charge in [0.05, 0.1) is 12.1 Å². The van der Waals surface area contributed by atoms with Gasteiger partial charge in [-0.3, -0.25) is 19.6 Å². The van der Waals surface area contributed by atoms with E-state index in [4.69, 9.17) is 10.5 Å². The fourth-order valence-corrected chi connectivity index (χ4v) is 3.62. The smallest absolute Gasteiger partial charge is 0.269 e. The Bertz CT molecular complexity index is 611. The molecule has 1 aromatic rings. The molecule has 2 aliphatic rings. The van der Waals surface area contributed by atoms with Gasteiger partial charge >= 0.3 is 0 Å². The molecule has 0 radical (unpaired) electrons. The van der Waals surface area contributed by atoms with Gasteiger partial charge in [-0.05, 0) is 45.2 Å². The van der Waals surface area contributed by atoms with E-state index in [9.17, 15) is 9.59 Å². The minimum absolute atomic E-state index is 0.0404. The molecular weight excluding hydrogens is 322 g/mol. The van der Waals surface area contributed by atoms with E-state index in [0.29, 0.717) is 6.54 Å². The summed E-state index contributed by atoms with van der Waals surface area (Å²) in [4.78, 5) is 25.8. The Morgan fingerprint density at radius 2 is 2.32 bits per heavy atom. The first-order valence-electron chi connectivity index (χ1n) is 9.03. The van der Waals surface area contributed by atoms with Crippen molar-refractivity contribution in [3.8, 4) is 0 Å². The number of amides is 2. The van der Waals surface area contributed by atoms with Gasteiger partial charge in [0.25, 0.3) is 5.91 Å². The van der Waals surface area contributed by atoms with Crippen LogP contribution < -0.4 is 11.1 Å². The number of carbonyl (C=O) groups excluding carboxylic acids is 2. The minimum Gasteiger partial charge on any atom is -0.376 e. The van der Waals surface area contributed by atoms with Crippen LogP contribution >= 0.6 is 0 Å². The van der Waals surface area contributed by atoms with Crippen molar-refractivity contribution in [1.82, 2.24) is 20.4 Å². The third-order valence-corrected chi connectivity index (χ3v) is 5.20. The lowest BCUT2D eigenvalue weighted by Gasteiger charge is -2.35. The highest BCUT2D eigenvalue weighted by atomic mass is 16.5. The topological polar surface area (TPSA) is 113 Å². The number of H-pyrrole nitrogens is 1. The number of piperidine rings is 1. The highest BCUT2D eigenvalue weighted by Crippen LogP contribution is 2.27. The van der Waals surface area contributed by atoms with Gasteiger partial charge in [-0.25, -0.2) is 0 Å². The molecule has 3 rings (SSSR count). The van der Waals surface area contributed by atoms with Gasteiger partial charge in [0.2, 0.25) is 5.91 Å². The lowest BCUT2D eigenvalue weighted by Crippen LogP contribution is -2.49. The summed E-state index contributed by atoms with van der Waals surface area (Å²) >= 11 is 0. The number of likely N-dealkylation sites (tertiary alicyclic amines) is 1. The summed E-state index contributed by atoms with van der Waals surface area (Å²) in [6, 6.07) is 1.53. The van der Waals surface area contributed by atoms with Crippen molar-refractivity contribution in [2.45, 2.75) is 50.7 Å². The van der Waals surface area contributed by atoms with Crippen LogP contribution in [-0.4, -0.2) is 65.3 Å². The number of aromatic nitrogens is 2. The molecule has 8 heteroatoms. The number of hydrogen-bond acceptors (Lipinski definition) is 5. The molecule has 4 N–H and O–H groups in total. The standard InChI is InChI=1S/C17H27N5O3/c1-11(17(24)19-9-13-5-3-7-25-13)22-6-2-4-12(10-22)14-8-15(16(18)23)21-20-14/h8,11-13H,2-7,9-10H2,1H3,(H2,18,23)(H,19,24)(H,20,21). The molecule has 3 unspecified atom stereocenters. The first kappa shape index (κ1) is 17.9. The zero-order valence-corrected chi connectivity index (χ0v) is 14.7. The normalized spacial score (nSPS) is 25.6. The molecule has 1 aromatic heterocycles. The minimum atomic E-state index is -0.531. The number of carbonyl (C=O) groups is 2. The number of nitrogens with zero attached hydrogens (tertiary/aromatic N) is 2. The van der Waals surface area contributed by atoms with E-state index >= 15 is 0 Å². The van der Waals surface area contributed by atoms with Crippen molar-refractivity contribution >= 4 is 11.8 Å². The van der Waals surface area contributed by atoms with Gasteiger partial charge < -0.3 is 15.8 Å². The third kappa shape index (κ3) is 4.38. The quantitative estimate of drug-likeness (QED) is 0.687. The number of nitrogens with two attached hydrogens (primary N) is 1. The van der Waals surface area contributed by atoms with Crippen molar-refractivity contribution in [3.63, 3.8) is 0 Å². The predicted molar refractivity (Wildman–Crippen MR) is 92.1 cm³/mol. The van der Waals surface area contributed by atoms with Crippen molar-refractivity contribution in [2.24, 2.45) is 5.73 Å². The SMILES string of the molecule is CC(C(=O)NCC1CCCO1)N1CCCC(c2cc(C(N)=O)n[nH]2)C1. The number of nitrogens with one attached hydrogen (secondary N) is 2. The fourth-order valence-electron chi connectivity index (χ4n) is 3.62. The van der Waals surface area contributed by atoms with E-state index in [2.05, 4.69) is 20.4 Å². The van der Waals surface area contributed by atoms with Crippen molar-refractivity contribution in [2.75, 3.05) is 26.2 Å². The number of ether oxygens (including phenoxy) is 1. The molecular formula is C17H27N5O3. The van der Waals surface area contributed by atoms with Crippen molar-refractivity contribution in [1.29, 1.82) is 0 Å². The molecule has 25 heavy (non-hydrogen) atoms. The summed E-state index contributed by atoms with van der Waals surface area (Å²) in [6.45, 7) is 4.97. The second kappa shape index (κ2) is 7.97. The van der Waals surface area contributed by atoms with Gasteiger partial charge in [0, 0.05) is 31.3 Å². The first-order chi connectivity index (χ1) is 12.0. The van der Waals surface area contributed by atoms with Crippen LogP contribution in [0.5, 0.6) is 0 Å². The maximum atomic E-state index is 12.4. The Balaban J connectivity index is 1.54. The predicted octanol–water partition coefficient (Wildman–Crippen LogP) is 0.372. The zero-order chi connectivity index (χ0) is 17.8. The lowest BCUT2D eigenvalue weighted by atomic mass is 9.93. The largest absolute Gasteiger partial charge is 0.376 e. The third-order valence-electron chi connectivity index (χ3n) is 5.20. The average Bonchev–Trinajstić information content (AvgIpc) is 3.30. The van der Waals surface area contributed by atoms with Gasteiger partial charge in [0.15, 0.2) is 0 Å². The molecule has 0 bridgehead atoms. The van der Waals surface area contributed by atoms with Crippen molar-refractivity contribution < 1.29 is 14.3 Å². The molecule has 0 aromatic carbocycles. The summed E-state index contributed by atoms with van der Waals surface area (Å²) in [5.41, 5.74) is 6.43. The van der Waals surface area contributed by atoms with Gasteiger partial charge in [-0.2, -0.15) is 5.10 Å². The molecule has 0 spiro atoms. The maximum Gasteiger partial charge on any atom is 0.269 e. The van der Waals surface area contributed by atoms with Crippen LogP contribution in [0, 0.1) is 0 Å². The molecule has 138 valence electrons. The van der Waals surface area contributed by atoms with E-state index < -0.39 is 5.91 Å². The second-order valence-electron chi connectivity index (χ2n) is 6.96. The number of hydrogen-bond donors (Lipinski definition) is 3. The van der Waals surface area contributed by atoms with Crippen molar-refractivity contribution in [3.05, 3.63) is 17.5 Å². The molecule has 0 saturated carbocycles. The lowest BCUT2D eigenvalue weighted by molar-refractivity contribution is -0.126. The number of aromatic amines is 1.